The molecular weight excluding hydrogens is 348 g/mol. The highest BCUT2D eigenvalue weighted by Crippen LogP contribution is 2.21. The van der Waals surface area contributed by atoms with E-state index >= 15 is 0 Å². The Hall–Kier alpha value is -1.76. The van der Waals surface area contributed by atoms with Crippen molar-refractivity contribution in [3.8, 4) is 0 Å². The van der Waals surface area contributed by atoms with Gasteiger partial charge in [-0.05, 0) is 49.7 Å². The lowest BCUT2D eigenvalue weighted by molar-refractivity contribution is 0.211. The molecule has 1 unspecified atom stereocenters. The number of aliphatic hydroxyl groups is 1. The molecular formula is C17H21ClN2O3S. The number of hydrogen-bond donors (Lipinski definition) is 3. The molecule has 1 atom stereocenters. The van der Waals surface area contributed by atoms with Gasteiger partial charge in [0.15, 0.2) is 0 Å². The minimum Gasteiger partial charge on any atom is -0.390 e. The number of rotatable bonds is 7. The lowest BCUT2D eigenvalue weighted by Crippen LogP contribution is -2.20. The fourth-order valence-electron chi connectivity index (χ4n) is 2.17. The molecule has 0 heterocycles. The van der Waals surface area contributed by atoms with Crippen LogP contribution in [-0.2, 0) is 10.0 Å². The van der Waals surface area contributed by atoms with E-state index in [2.05, 4.69) is 10.0 Å². The number of aryl methyl sites for hydroxylation is 2. The van der Waals surface area contributed by atoms with Crippen LogP contribution >= 0.6 is 11.6 Å². The van der Waals surface area contributed by atoms with Gasteiger partial charge in [-0.15, -0.1) is 11.6 Å². The Bertz CT molecular complexity index is 792. The summed E-state index contributed by atoms with van der Waals surface area (Å²) in [5.74, 6) is 0.138. The lowest BCUT2D eigenvalue weighted by atomic mass is 10.1. The second-order valence-electron chi connectivity index (χ2n) is 5.64. The van der Waals surface area contributed by atoms with Crippen LogP contribution < -0.4 is 10.0 Å². The first-order valence-electron chi connectivity index (χ1n) is 7.50. The molecule has 0 aliphatic rings. The van der Waals surface area contributed by atoms with Crippen molar-refractivity contribution < 1.29 is 13.5 Å². The number of benzene rings is 2. The topological polar surface area (TPSA) is 78.4 Å². The van der Waals surface area contributed by atoms with Crippen molar-refractivity contribution in [3.05, 3.63) is 53.6 Å². The Kier molecular flexibility index (Phi) is 6.10. The summed E-state index contributed by atoms with van der Waals surface area (Å²) in [7, 11) is -3.65. The third-order valence-electron chi connectivity index (χ3n) is 3.51. The van der Waals surface area contributed by atoms with Gasteiger partial charge in [-0.2, -0.15) is 0 Å². The molecule has 0 radical (unpaired) electrons. The number of sulfonamides is 1. The van der Waals surface area contributed by atoms with Gasteiger partial charge in [0.25, 0.3) is 10.0 Å². The highest BCUT2D eigenvalue weighted by atomic mass is 35.5. The molecule has 0 saturated heterocycles. The van der Waals surface area contributed by atoms with E-state index in [9.17, 15) is 13.5 Å². The lowest BCUT2D eigenvalue weighted by Gasteiger charge is -2.13. The second kappa shape index (κ2) is 7.88. The van der Waals surface area contributed by atoms with Gasteiger partial charge in [-0.3, -0.25) is 4.72 Å². The molecule has 0 amide bonds. The predicted molar refractivity (Wildman–Crippen MR) is 98.4 cm³/mol. The highest BCUT2D eigenvalue weighted by Gasteiger charge is 2.15. The van der Waals surface area contributed by atoms with Crippen molar-refractivity contribution in [3.63, 3.8) is 0 Å². The molecule has 0 aliphatic carbocycles. The van der Waals surface area contributed by atoms with Gasteiger partial charge < -0.3 is 10.4 Å². The first-order valence-corrected chi connectivity index (χ1v) is 9.51. The summed E-state index contributed by atoms with van der Waals surface area (Å²) in [6.45, 7) is 4.12. The fraction of sp³-hybridized carbons (Fsp3) is 0.294. The van der Waals surface area contributed by atoms with Gasteiger partial charge >= 0.3 is 0 Å². The van der Waals surface area contributed by atoms with E-state index < -0.39 is 16.1 Å². The molecule has 130 valence electrons. The van der Waals surface area contributed by atoms with Crippen LogP contribution in [0.5, 0.6) is 0 Å². The number of hydrogen-bond acceptors (Lipinski definition) is 4. The summed E-state index contributed by atoms with van der Waals surface area (Å²) in [5, 5.41) is 12.4. The SMILES string of the molecule is Cc1ccc(NS(=O)(=O)c2ccc(NCC(O)CCl)cc2)c(C)c1. The monoisotopic (exact) mass is 368 g/mol. The van der Waals surface area contributed by atoms with Crippen LogP contribution in [0.1, 0.15) is 11.1 Å². The van der Waals surface area contributed by atoms with Gasteiger partial charge in [-0.25, -0.2) is 8.42 Å². The standard InChI is InChI=1S/C17H21ClN2O3S/c1-12-3-8-17(13(2)9-12)20-24(22,23)16-6-4-14(5-7-16)19-11-15(21)10-18/h3-9,15,19-21H,10-11H2,1-2H3. The maximum atomic E-state index is 12.5. The quantitative estimate of drug-likeness (QED) is 0.656. The summed E-state index contributed by atoms with van der Waals surface area (Å²) >= 11 is 5.53. The first kappa shape index (κ1) is 18.6. The molecule has 0 saturated carbocycles. The Morgan fingerprint density at radius 1 is 1.12 bits per heavy atom. The Morgan fingerprint density at radius 2 is 1.79 bits per heavy atom. The Morgan fingerprint density at radius 3 is 2.38 bits per heavy atom. The third-order valence-corrected chi connectivity index (χ3v) is 5.25. The zero-order chi connectivity index (χ0) is 17.7. The van der Waals surface area contributed by atoms with Crippen LogP contribution in [0.3, 0.4) is 0 Å². The van der Waals surface area contributed by atoms with Crippen LogP contribution in [0.15, 0.2) is 47.4 Å². The fourth-order valence-corrected chi connectivity index (χ4v) is 3.41. The average Bonchev–Trinajstić information content (AvgIpc) is 2.55. The summed E-state index contributed by atoms with van der Waals surface area (Å²) in [4.78, 5) is 0.172. The van der Waals surface area contributed by atoms with E-state index in [1.54, 1.807) is 18.2 Å². The van der Waals surface area contributed by atoms with Gasteiger partial charge in [0.1, 0.15) is 0 Å². The van der Waals surface area contributed by atoms with Crippen molar-refractivity contribution in [1.29, 1.82) is 0 Å². The van der Waals surface area contributed by atoms with Crippen LogP contribution in [0.2, 0.25) is 0 Å². The molecule has 3 N–H and O–H groups in total. The molecule has 2 aromatic carbocycles. The number of nitrogens with one attached hydrogen (secondary N) is 2. The summed E-state index contributed by atoms with van der Waals surface area (Å²) in [6, 6.07) is 11.9. The van der Waals surface area contributed by atoms with Crippen molar-refractivity contribution in [1.82, 2.24) is 0 Å². The zero-order valence-electron chi connectivity index (χ0n) is 13.6. The molecule has 2 aromatic rings. The molecule has 24 heavy (non-hydrogen) atoms. The first-order chi connectivity index (χ1) is 11.3. The van der Waals surface area contributed by atoms with Crippen LogP contribution in [0.4, 0.5) is 11.4 Å². The molecule has 5 nitrogen and oxygen atoms in total. The van der Waals surface area contributed by atoms with Gasteiger partial charge in [0.2, 0.25) is 0 Å². The van der Waals surface area contributed by atoms with Gasteiger partial charge in [0.05, 0.1) is 22.6 Å². The highest BCUT2D eigenvalue weighted by molar-refractivity contribution is 7.92. The number of alkyl halides is 1. The van der Waals surface area contributed by atoms with E-state index in [-0.39, 0.29) is 10.8 Å². The van der Waals surface area contributed by atoms with Crippen molar-refractivity contribution in [2.75, 3.05) is 22.5 Å². The normalized spacial score (nSPS) is 12.7. The van der Waals surface area contributed by atoms with E-state index in [0.29, 0.717) is 17.9 Å². The van der Waals surface area contributed by atoms with E-state index in [0.717, 1.165) is 11.1 Å². The number of aliphatic hydroxyl groups excluding tert-OH is 1. The number of halogens is 1. The minimum atomic E-state index is -3.65. The summed E-state index contributed by atoms with van der Waals surface area (Å²) in [5.41, 5.74) is 3.22. The molecule has 7 heteroatoms. The molecule has 0 spiro atoms. The minimum absolute atomic E-state index is 0.138. The van der Waals surface area contributed by atoms with Gasteiger partial charge in [0, 0.05) is 12.2 Å². The molecule has 0 aromatic heterocycles. The molecule has 0 fully saturated rings. The molecule has 0 bridgehead atoms. The van der Waals surface area contributed by atoms with Crippen molar-refractivity contribution in [2.24, 2.45) is 0 Å². The number of anilines is 2. The van der Waals surface area contributed by atoms with E-state index in [1.165, 1.54) is 12.1 Å². The third kappa shape index (κ3) is 4.87. The van der Waals surface area contributed by atoms with Crippen molar-refractivity contribution in [2.45, 2.75) is 24.8 Å². The van der Waals surface area contributed by atoms with E-state index in [1.807, 2.05) is 26.0 Å². The zero-order valence-corrected chi connectivity index (χ0v) is 15.2. The molecule has 2 rings (SSSR count). The Labute approximate surface area is 147 Å². The maximum Gasteiger partial charge on any atom is 0.261 e. The maximum absolute atomic E-state index is 12.5. The van der Waals surface area contributed by atoms with E-state index in [4.69, 9.17) is 11.6 Å². The second-order valence-corrected chi connectivity index (χ2v) is 7.63. The Balaban J connectivity index is 2.11. The summed E-state index contributed by atoms with van der Waals surface area (Å²) < 4.78 is 27.6. The summed E-state index contributed by atoms with van der Waals surface area (Å²) in [6.07, 6.45) is -0.652. The largest absolute Gasteiger partial charge is 0.390 e. The smallest absolute Gasteiger partial charge is 0.261 e. The van der Waals surface area contributed by atoms with Crippen LogP contribution in [0, 0.1) is 13.8 Å². The van der Waals surface area contributed by atoms with Crippen molar-refractivity contribution >= 4 is 33.0 Å². The van der Waals surface area contributed by atoms with Gasteiger partial charge in [-0.1, -0.05) is 17.7 Å². The van der Waals surface area contributed by atoms with Crippen LogP contribution in [-0.4, -0.2) is 32.1 Å². The average molecular weight is 369 g/mol. The van der Waals surface area contributed by atoms with Crippen LogP contribution in [0.25, 0.3) is 0 Å². The molecule has 0 aliphatic heterocycles. The predicted octanol–water partition coefficient (Wildman–Crippen LogP) is 3.12.